The van der Waals surface area contributed by atoms with Gasteiger partial charge in [0.1, 0.15) is 0 Å². The van der Waals surface area contributed by atoms with Crippen molar-refractivity contribution in [2.24, 2.45) is 0 Å². The van der Waals surface area contributed by atoms with Gasteiger partial charge in [-0.2, -0.15) is 23.5 Å². The highest BCUT2D eigenvalue weighted by Crippen LogP contribution is 2.43. The van der Waals surface area contributed by atoms with Crippen LogP contribution in [0.5, 0.6) is 0 Å². The lowest BCUT2D eigenvalue weighted by atomic mass is 9.79. The predicted molar refractivity (Wildman–Crippen MR) is 258 cm³/mol. The Morgan fingerprint density at radius 3 is 1.05 bits per heavy atom. The van der Waals surface area contributed by atoms with E-state index in [0.29, 0.717) is 11.5 Å². The lowest BCUT2D eigenvalue weighted by Crippen LogP contribution is -2.33. The van der Waals surface area contributed by atoms with Gasteiger partial charge < -0.3 is 19.8 Å². The van der Waals surface area contributed by atoms with E-state index in [1.807, 2.05) is 0 Å². The Morgan fingerprint density at radius 2 is 0.780 bits per heavy atom. The highest BCUT2D eigenvalue weighted by molar-refractivity contribution is 7.99. The molecular weight excluding hydrogens is 785 g/mol. The summed E-state index contributed by atoms with van der Waals surface area (Å²) in [6, 6.07) is 8.60. The highest BCUT2D eigenvalue weighted by atomic mass is 32.2. The molecule has 0 fully saturated rings. The van der Waals surface area contributed by atoms with Gasteiger partial charge in [-0.15, -0.1) is 0 Å². The highest BCUT2D eigenvalue weighted by Gasteiger charge is 2.28. The molecule has 7 heteroatoms. The van der Waals surface area contributed by atoms with Crippen molar-refractivity contribution in [2.75, 3.05) is 23.0 Å². The van der Waals surface area contributed by atoms with Gasteiger partial charge in [0.15, 0.2) is 0 Å². The molecule has 0 aliphatic heterocycles. The molecule has 0 heterocycles. The second-order valence-electron chi connectivity index (χ2n) is 19.3. The zero-order valence-corrected chi connectivity index (χ0v) is 41.7. The van der Waals surface area contributed by atoms with Crippen molar-refractivity contribution >= 4 is 47.2 Å². The molecule has 0 amide bonds. The summed E-state index contributed by atoms with van der Waals surface area (Å²) in [6.07, 6.45) is 25.9. The summed E-state index contributed by atoms with van der Waals surface area (Å²) in [6.45, 7) is 21.6. The smallest absolute Gasteiger partial charge is 0.0497 e. The maximum atomic E-state index is 12.7. The summed E-state index contributed by atoms with van der Waals surface area (Å²) < 4.78 is 0. The lowest BCUT2D eigenvalue weighted by molar-refractivity contribution is -0.308. The Morgan fingerprint density at radius 1 is 0.492 bits per heavy atom. The first-order valence-corrected chi connectivity index (χ1v) is 26.7. The minimum absolute atomic E-state index is 0.268. The molecule has 2 rings (SSSR count). The van der Waals surface area contributed by atoms with Gasteiger partial charge in [-0.1, -0.05) is 195 Å². The first-order valence-electron chi connectivity index (χ1n) is 23.6. The number of carboxylic acid groups (broad SMARTS) is 2. The monoisotopic (exact) mass is 869 g/mol. The molecule has 2 atom stereocenters. The van der Waals surface area contributed by atoms with Gasteiger partial charge in [-0.25, -0.2) is 0 Å². The first-order chi connectivity index (χ1) is 28.0. The van der Waals surface area contributed by atoms with Crippen molar-refractivity contribution in [3.8, 4) is 0 Å². The second kappa shape index (κ2) is 28.9. The van der Waals surface area contributed by atoms with Crippen LogP contribution in [0.2, 0.25) is 0 Å². The summed E-state index contributed by atoms with van der Waals surface area (Å²) in [5.41, 5.74) is 5.36. The fraction of sp³-hybridized carbons (Fsp3) is 0.731. The normalized spacial score (nSPS) is 13.2. The Kier molecular flexibility index (Phi) is 26.3. The second-order valence-corrected chi connectivity index (χ2v) is 22.7. The number of rotatable bonds is 32. The quantitative estimate of drug-likeness (QED) is 0.0678. The zero-order valence-electron chi connectivity index (χ0n) is 39.3. The molecule has 2 aromatic rings. The number of thioether (sulfide) groups is 2. The van der Waals surface area contributed by atoms with Crippen molar-refractivity contribution in [2.45, 2.75) is 230 Å². The third-order valence-corrected chi connectivity index (χ3v) is 15.3. The molecule has 0 N–H and O–H groups in total. The van der Waals surface area contributed by atoms with Crippen LogP contribution < -0.4 is 10.2 Å². The molecule has 4 nitrogen and oxygen atoms in total. The third-order valence-electron chi connectivity index (χ3n) is 11.7. The zero-order chi connectivity index (χ0) is 43.8. The molecule has 2 unspecified atom stereocenters. The number of unbranched alkanes of at least 4 members (excludes halogenated alkanes) is 18. The van der Waals surface area contributed by atoms with Crippen LogP contribution in [0.3, 0.4) is 0 Å². The summed E-state index contributed by atoms with van der Waals surface area (Å²) in [4.78, 5) is 27.6. The summed E-state index contributed by atoms with van der Waals surface area (Å²) in [7, 11) is 0. The number of hydrogen-bond acceptors (Lipinski definition) is 7. The van der Waals surface area contributed by atoms with Crippen molar-refractivity contribution in [3.05, 3.63) is 57.6 Å². The van der Waals surface area contributed by atoms with Gasteiger partial charge in [0.05, 0.1) is 0 Å². The first kappa shape index (κ1) is 53.6. The van der Waals surface area contributed by atoms with Gasteiger partial charge >= 0.3 is 0 Å². The Balaban J connectivity index is 2.16. The number of carboxylic acids is 2. The number of carbonyl (C=O) groups is 2. The standard InChI is InChI=1S/C52H86O4S3/c1-11-13-15-17-19-21-23-25-27-29-31-57-37-43(49(53)54)41-33-39(3)47(35-45(41)51(5,6)7)59-48-36-46(52(8,9)10)42(34-40(48)4)44(50(55)56)38-58-32-30-28-26-24-22-20-18-16-14-12-2/h33-36,43-44H,11-32,37-38H2,1-10H3,(H,53,54)(H,55,56)/p-2. The fourth-order valence-electron chi connectivity index (χ4n) is 7.99. The average Bonchev–Trinajstić information content (AvgIpc) is 3.15. The topological polar surface area (TPSA) is 80.3 Å². The minimum atomic E-state index is -1.00. The molecule has 59 heavy (non-hydrogen) atoms. The van der Waals surface area contributed by atoms with Crippen LogP contribution in [0.25, 0.3) is 0 Å². The molecule has 0 spiro atoms. The lowest BCUT2D eigenvalue weighted by Gasteiger charge is -2.31. The fourth-order valence-corrected chi connectivity index (χ4v) is 11.3. The molecule has 0 aliphatic carbocycles. The Labute approximate surface area is 375 Å². The van der Waals surface area contributed by atoms with E-state index < -0.39 is 23.8 Å². The van der Waals surface area contributed by atoms with E-state index in [1.165, 1.54) is 116 Å². The van der Waals surface area contributed by atoms with Crippen LogP contribution in [0.15, 0.2) is 34.1 Å². The Bertz CT molecular complexity index is 1390. The van der Waals surface area contributed by atoms with E-state index >= 15 is 0 Å². The maximum absolute atomic E-state index is 12.7. The number of hydrogen-bond donors (Lipinski definition) is 0. The van der Waals surface area contributed by atoms with E-state index in [0.717, 1.165) is 67.5 Å². The van der Waals surface area contributed by atoms with Crippen molar-refractivity contribution in [3.63, 3.8) is 0 Å². The van der Waals surface area contributed by atoms with Crippen LogP contribution in [0.1, 0.15) is 229 Å². The van der Waals surface area contributed by atoms with Gasteiger partial charge in [-0.05, 0) is 94.5 Å². The van der Waals surface area contributed by atoms with Crippen LogP contribution >= 0.6 is 35.3 Å². The molecule has 0 bridgehead atoms. The molecule has 0 aliphatic rings. The molecule has 0 saturated carbocycles. The summed E-state index contributed by atoms with van der Waals surface area (Å²) in [5.74, 6) is -0.377. The van der Waals surface area contributed by atoms with Crippen molar-refractivity contribution in [1.29, 1.82) is 0 Å². The van der Waals surface area contributed by atoms with Crippen LogP contribution in [-0.4, -0.2) is 35.0 Å². The van der Waals surface area contributed by atoms with Crippen LogP contribution in [-0.2, 0) is 20.4 Å². The van der Waals surface area contributed by atoms with Gasteiger partial charge in [0.25, 0.3) is 0 Å². The number of aryl methyl sites for hydroxylation is 2. The van der Waals surface area contributed by atoms with Gasteiger partial charge in [-0.3, -0.25) is 0 Å². The molecule has 2 aromatic carbocycles. The van der Waals surface area contributed by atoms with E-state index in [4.69, 9.17) is 0 Å². The molecule has 0 saturated heterocycles. The minimum Gasteiger partial charge on any atom is -0.549 e. The summed E-state index contributed by atoms with van der Waals surface area (Å²) >= 11 is 5.19. The van der Waals surface area contributed by atoms with Crippen molar-refractivity contribution < 1.29 is 19.8 Å². The van der Waals surface area contributed by atoms with E-state index in [1.54, 1.807) is 35.3 Å². The van der Waals surface area contributed by atoms with E-state index in [-0.39, 0.29) is 10.8 Å². The van der Waals surface area contributed by atoms with E-state index in [2.05, 4.69) is 93.5 Å². The number of aliphatic carboxylic acids is 2. The molecule has 0 radical (unpaired) electrons. The van der Waals surface area contributed by atoms with Gasteiger partial charge in [0, 0.05) is 45.1 Å². The Hall–Kier alpha value is -1.57. The van der Waals surface area contributed by atoms with Crippen LogP contribution in [0, 0.1) is 13.8 Å². The summed E-state index contributed by atoms with van der Waals surface area (Å²) in [5, 5.41) is 25.4. The average molecular weight is 869 g/mol. The SMILES string of the molecule is CCCCCCCCCCCCSCC(C(=O)[O-])c1cc(C)c(Sc2cc(C(C)(C)C)c(C(CSCCCCCCCCCCCC)C(=O)[O-])cc2C)cc1C(C)(C)C. The third kappa shape index (κ3) is 20.4. The molecule has 0 aromatic heterocycles. The maximum Gasteiger partial charge on any atom is 0.0497 e. The van der Waals surface area contributed by atoms with Crippen molar-refractivity contribution in [1.82, 2.24) is 0 Å². The molecule has 336 valence electrons. The number of carbonyl (C=O) groups excluding carboxylic acids is 2. The van der Waals surface area contributed by atoms with E-state index in [9.17, 15) is 19.8 Å². The number of benzene rings is 2. The largest absolute Gasteiger partial charge is 0.549 e. The van der Waals surface area contributed by atoms with Gasteiger partial charge in [0.2, 0.25) is 0 Å². The predicted octanol–water partition coefficient (Wildman–Crippen LogP) is 14.0. The molecular formula is C52H84O4S3-2. The van der Waals surface area contributed by atoms with Crippen LogP contribution in [0.4, 0.5) is 0 Å².